The molecule has 1 aromatic rings. The molecule has 5 nitrogen and oxygen atoms in total. The fourth-order valence-electron chi connectivity index (χ4n) is 6.67. The molecule has 154 valence electrons. The van der Waals surface area contributed by atoms with Crippen LogP contribution in [0.1, 0.15) is 69.3 Å². The van der Waals surface area contributed by atoms with E-state index < -0.39 is 11.6 Å². The normalized spacial score (nSPS) is 38.4. The van der Waals surface area contributed by atoms with E-state index in [0.29, 0.717) is 29.6 Å². The highest BCUT2D eigenvalue weighted by Crippen LogP contribution is 2.66. The van der Waals surface area contributed by atoms with Crippen molar-refractivity contribution < 1.29 is 24.5 Å². The topological polar surface area (TPSA) is 76.0 Å². The molecular weight excluding hydrogens is 356 g/mol. The Morgan fingerprint density at radius 1 is 1.21 bits per heavy atom. The third-order valence-electron chi connectivity index (χ3n) is 8.45. The van der Waals surface area contributed by atoms with Crippen molar-refractivity contribution >= 4 is 5.97 Å². The van der Waals surface area contributed by atoms with Crippen molar-refractivity contribution in [3.05, 3.63) is 23.3 Å². The van der Waals surface area contributed by atoms with E-state index in [2.05, 4.69) is 27.7 Å². The number of aromatic hydroxyl groups is 1. The van der Waals surface area contributed by atoms with Crippen molar-refractivity contribution in [1.82, 2.24) is 0 Å². The summed E-state index contributed by atoms with van der Waals surface area (Å²) in [5, 5.41) is 21.4. The molecule has 4 rings (SSSR count). The Kier molecular flexibility index (Phi) is 4.28. The standard InChI is InChI=1S/C23H32O5/c1-13-6-7-18-21(2,3)19(25)8-9-22(18,4)23(13)12-15-16(24)10-14(20(26)27-5)11-17(15)28-23/h10-11,13,18-19,24-25H,6-9,12H2,1-5H3/t13-,18+,19-,22+,23-/m1/s1. The Bertz CT molecular complexity index is 815. The molecule has 2 saturated carbocycles. The summed E-state index contributed by atoms with van der Waals surface area (Å²) >= 11 is 0. The lowest BCUT2D eigenvalue weighted by atomic mass is 9.43. The highest BCUT2D eigenvalue weighted by molar-refractivity contribution is 5.90. The molecule has 2 aliphatic carbocycles. The summed E-state index contributed by atoms with van der Waals surface area (Å²) < 4.78 is 11.5. The summed E-state index contributed by atoms with van der Waals surface area (Å²) in [4.78, 5) is 12.0. The van der Waals surface area contributed by atoms with Crippen LogP contribution in [0.15, 0.2) is 12.1 Å². The van der Waals surface area contributed by atoms with E-state index in [1.165, 1.54) is 13.2 Å². The van der Waals surface area contributed by atoms with Gasteiger partial charge in [0, 0.05) is 17.4 Å². The van der Waals surface area contributed by atoms with Crippen LogP contribution >= 0.6 is 0 Å². The Morgan fingerprint density at radius 2 is 1.93 bits per heavy atom. The molecule has 1 spiro atoms. The minimum atomic E-state index is -0.481. The number of carbonyl (C=O) groups is 1. The van der Waals surface area contributed by atoms with Crippen molar-refractivity contribution in [3.63, 3.8) is 0 Å². The first kappa shape index (κ1) is 19.6. The highest BCUT2D eigenvalue weighted by atomic mass is 16.5. The second kappa shape index (κ2) is 6.12. The van der Waals surface area contributed by atoms with Gasteiger partial charge in [0.25, 0.3) is 0 Å². The fourth-order valence-corrected chi connectivity index (χ4v) is 6.67. The third kappa shape index (κ3) is 2.38. The van der Waals surface area contributed by atoms with Gasteiger partial charge in [-0.3, -0.25) is 0 Å². The number of rotatable bonds is 1. The summed E-state index contributed by atoms with van der Waals surface area (Å²) in [5.41, 5.74) is 0.342. The molecular formula is C23H32O5. The van der Waals surface area contributed by atoms with Gasteiger partial charge >= 0.3 is 5.97 Å². The van der Waals surface area contributed by atoms with Crippen LogP contribution in [-0.4, -0.2) is 35.0 Å². The number of ether oxygens (including phenoxy) is 2. The van der Waals surface area contributed by atoms with E-state index in [4.69, 9.17) is 9.47 Å². The molecule has 1 heterocycles. The molecule has 0 unspecified atom stereocenters. The van der Waals surface area contributed by atoms with Crippen molar-refractivity contribution in [1.29, 1.82) is 0 Å². The monoisotopic (exact) mass is 388 g/mol. The van der Waals surface area contributed by atoms with Gasteiger partial charge in [0.05, 0.1) is 18.8 Å². The first-order chi connectivity index (χ1) is 13.1. The van der Waals surface area contributed by atoms with Crippen molar-refractivity contribution in [2.45, 2.75) is 71.5 Å². The maximum atomic E-state index is 12.0. The number of aliphatic hydroxyl groups is 1. The smallest absolute Gasteiger partial charge is 0.338 e. The van der Waals surface area contributed by atoms with Crippen LogP contribution < -0.4 is 4.74 Å². The summed E-state index contributed by atoms with van der Waals surface area (Å²) in [7, 11) is 1.33. The lowest BCUT2D eigenvalue weighted by Gasteiger charge is -2.64. The number of esters is 1. The van der Waals surface area contributed by atoms with Gasteiger partial charge in [0.1, 0.15) is 17.1 Å². The van der Waals surface area contributed by atoms with Crippen LogP contribution in [0.25, 0.3) is 0 Å². The van der Waals surface area contributed by atoms with Gasteiger partial charge in [0.2, 0.25) is 0 Å². The molecule has 0 radical (unpaired) electrons. The van der Waals surface area contributed by atoms with E-state index in [1.807, 2.05) is 0 Å². The SMILES string of the molecule is COC(=O)c1cc(O)c2c(c1)O[C@]1(C2)[C@H](C)CC[C@H]2C(C)(C)[C@H](O)CC[C@@]21C. The van der Waals surface area contributed by atoms with Crippen LogP contribution in [0, 0.1) is 22.7 Å². The molecule has 5 heteroatoms. The van der Waals surface area contributed by atoms with Crippen LogP contribution in [0.3, 0.4) is 0 Å². The Hall–Kier alpha value is -1.75. The van der Waals surface area contributed by atoms with Gasteiger partial charge < -0.3 is 19.7 Å². The number of methoxy groups -OCH3 is 1. The lowest BCUT2D eigenvalue weighted by Crippen LogP contribution is -2.66. The van der Waals surface area contributed by atoms with Crippen LogP contribution in [0.2, 0.25) is 0 Å². The molecule has 0 aromatic heterocycles. The molecule has 0 saturated heterocycles. The lowest BCUT2D eigenvalue weighted by molar-refractivity contribution is -0.210. The number of carbonyl (C=O) groups excluding carboxylic acids is 1. The van der Waals surface area contributed by atoms with E-state index in [9.17, 15) is 15.0 Å². The average Bonchev–Trinajstić information content (AvgIpc) is 3.04. The first-order valence-corrected chi connectivity index (χ1v) is 10.4. The van der Waals surface area contributed by atoms with Crippen LogP contribution in [-0.2, 0) is 11.2 Å². The third-order valence-corrected chi connectivity index (χ3v) is 8.45. The zero-order valence-electron chi connectivity index (χ0n) is 17.5. The predicted octanol–water partition coefficient (Wildman–Crippen LogP) is 4.09. The van der Waals surface area contributed by atoms with Gasteiger partial charge in [0.15, 0.2) is 0 Å². The number of benzene rings is 1. The molecule has 5 atom stereocenters. The zero-order valence-corrected chi connectivity index (χ0v) is 17.5. The number of phenols is 1. The largest absolute Gasteiger partial charge is 0.508 e. The van der Waals surface area contributed by atoms with Gasteiger partial charge in [-0.05, 0) is 55.1 Å². The molecule has 0 amide bonds. The predicted molar refractivity (Wildman–Crippen MR) is 106 cm³/mol. The fraction of sp³-hybridized carbons (Fsp3) is 0.696. The van der Waals surface area contributed by atoms with E-state index in [0.717, 1.165) is 31.2 Å². The molecule has 2 N–H and O–H groups in total. The molecule has 1 aliphatic heterocycles. The molecule has 3 aliphatic rings. The first-order valence-electron chi connectivity index (χ1n) is 10.4. The second-order valence-electron chi connectivity index (χ2n) is 9.96. The maximum absolute atomic E-state index is 12.0. The van der Waals surface area contributed by atoms with Gasteiger partial charge in [-0.2, -0.15) is 0 Å². The summed E-state index contributed by atoms with van der Waals surface area (Å²) in [6.45, 7) is 8.91. The van der Waals surface area contributed by atoms with Gasteiger partial charge in [-0.15, -0.1) is 0 Å². The molecule has 28 heavy (non-hydrogen) atoms. The van der Waals surface area contributed by atoms with E-state index in [-0.39, 0.29) is 22.7 Å². The molecule has 1 aromatic carbocycles. The van der Waals surface area contributed by atoms with Crippen LogP contribution in [0.4, 0.5) is 0 Å². The molecule has 2 fully saturated rings. The Morgan fingerprint density at radius 3 is 2.61 bits per heavy atom. The second-order valence-corrected chi connectivity index (χ2v) is 9.96. The minimum absolute atomic E-state index is 0.0998. The maximum Gasteiger partial charge on any atom is 0.338 e. The van der Waals surface area contributed by atoms with E-state index >= 15 is 0 Å². The van der Waals surface area contributed by atoms with Crippen LogP contribution in [0.5, 0.6) is 11.5 Å². The quantitative estimate of drug-likeness (QED) is 0.709. The van der Waals surface area contributed by atoms with Crippen molar-refractivity contribution in [3.8, 4) is 11.5 Å². The Labute approximate surface area is 167 Å². The number of hydrogen-bond acceptors (Lipinski definition) is 5. The van der Waals surface area contributed by atoms with Gasteiger partial charge in [-0.25, -0.2) is 4.79 Å². The highest BCUT2D eigenvalue weighted by Gasteiger charge is 2.66. The zero-order chi connectivity index (χ0) is 20.5. The Balaban J connectivity index is 1.80. The number of phenolic OH excluding ortho intramolecular Hbond substituents is 1. The van der Waals surface area contributed by atoms with Gasteiger partial charge in [-0.1, -0.05) is 27.7 Å². The number of hydrogen-bond donors (Lipinski definition) is 2. The number of aliphatic hydroxyl groups excluding tert-OH is 1. The summed E-state index contributed by atoms with van der Waals surface area (Å²) in [5.74, 6) is 0.857. The van der Waals surface area contributed by atoms with Crippen molar-refractivity contribution in [2.75, 3.05) is 7.11 Å². The van der Waals surface area contributed by atoms with E-state index in [1.54, 1.807) is 6.07 Å². The average molecular weight is 389 g/mol. The summed E-state index contributed by atoms with van der Waals surface area (Å²) in [6.07, 6.45) is 4.07. The van der Waals surface area contributed by atoms with Crippen molar-refractivity contribution in [2.24, 2.45) is 22.7 Å². The molecule has 0 bridgehead atoms. The minimum Gasteiger partial charge on any atom is -0.508 e. The summed E-state index contributed by atoms with van der Waals surface area (Å²) in [6, 6.07) is 3.19. The number of fused-ring (bicyclic) bond motifs is 3.